The predicted molar refractivity (Wildman–Crippen MR) is 64.8 cm³/mol. The van der Waals surface area contributed by atoms with Crippen LogP contribution in [0.15, 0.2) is 35.7 Å². The SMILES string of the molecule is CNCC=Cc1cccc2ccsc12. The van der Waals surface area contributed by atoms with Gasteiger partial charge in [-0.05, 0) is 29.4 Å². The summed E-state index contributed by atoms with van der Waals surface area (Å²) in [6.07, 6.45) is 4.32. The molecule has 0 fully saturated rings. The highest BCUT2D eigenvalue weighted by molar-refractivity contribution is 7.17. The van der Waals surface area contributed by atoms with E-state index in [0.717, 1.165) is 6.54 Å². The summed E-state index contributed by atoms with van der Waals surface area (Å²) in [4.78, 5) is 0. The normalized spacial score (nSPS) is 11.5. The Kier molecular flexibility index (Phi) is 2.96. The summed E-state index contributed by atoms with van der Waals surface area (Å²) in [6, 6.07) is 8.58. The van der Waals surface area contributed by atoms with Crippen LogP contribution in [0.5, 0.6) is 0 Å². The number of benzene rings is 1. The van der Waals surface area contributed by atoms with Crippen LogP contribution < -0.4 is 5.32 Å². The summed E-state index contributed by atoms with van der Waals surface area (Å²) in [6.45, 7) is 0.918. The lowest BCUT2D eigenvalue weighted by atomic mass is 10.1. The molecule has 0 spiro atoms. The van der Waals surface area contributed by atoms with Crippen molar-refractivity contribution >= 4 is 27.5 Å². The number of fused-ring (bicyclic) bond motifs is 1. The molecule has 0 aliphatic heterocycles. The fraction of sp³-hybridized carbons (Fsp3) is 0.167. The van der Waals surface area contributed by atoms with Gasteiger partial charge in [-0.25, -0.2) is 0 Å². The summed E-state index contributed by atoms with van der Waals surface area (Å²) in [7, 11) is 1.95. The molecule has 1 N–H and O–H groups in total. The highest BCUT2D eigenvalue weighted by Gasteiger charge is 1.97. The van der Waals surface area contributed by atoms with E-state index in [1.807, 2.05) is 7.05 Å². The molecule has 0 atom stereocenters. The molecular weight excluding hydrogens is 190 g/mol. The average molecular weight is 203 g/mol. The van der Waals surface area contributed by atoms with Gasteiger partial charge in [-0.15, -0.1) is 11.3 Å². The van der Waals surface area contributed by atoms with Gasteiger partial charge in [-0.3, -0.25) is 0 Å². The summed E-state index contributed by atoms with van der Waals surface area (Å²) >= 11 is 1.80. The number of likely N-dealkylation sites (N-methyl/N-ethyl adjacent to an activating group) is 1. The van der Waals surface area contributed by atoms with Crippen LogP contribution in [0.4, 0.5) is 0 Å². The summed E-state index contributed by atoms with van der Waals surface area (Å²) in [5.74, 6) is 0. The lowest BCUT2D eigenvalue weighted by Crippen LogP contribution is -2.03. The maximum Gasteiger partial charge on any atom is 0.0414 e. The highest BCUT2D eigenvalue weighted by Crippen LogP contribution is 2.25. The van der Waals surface area contributed by atoms with Crippen LogP contribution in [0, 0.1) is 0 Å². The molecule has 0 bridgehead atoms. The van der Waals surface area contributed by atoms with Crippen molar-refractivity contribution in [2.75, 3.05) is 13.6 Å². The van der Waals surface area contributed by atoms with Gasteiger partial charge in [-0.2, -0.15) is 0 Å². The van der Waals surface area contributed by atoms with Crippen LogP contribution in [-0.2, 0) is 0 Å². The van der Waals surface area contributed by atoms with Crippen molar-refractivity contribution in [3.8, 4) is 0 Å². The van der Waals surface area contributed by atoms with Crippen molar-refractivity contribution in [2.45, 2.75) is 0 Å². The van der Waals surface area contributed by atoms with Gasteiger partial charge in [0.25, 0.3) is 0 Å². The Balaban J connectivity index is 2.36. The third-order valence-corrected chi connectivity index (χ3v) is 3.11. The fourth-order valence-electron chi connectivity index (χ4n) is 1.45. The van der Waals surface area contributed by atoms with Gasteiger partial charge in [-0.1, -0.05) is 30.4 Å². The molecule has 14 heavy (non-hydrogen) atoms. The molecule has 2 rings (SSSR count). The molecule has 0 aliphatic carbocycles. The molecule has 1 aromatic carbocycles. The van der Waals surface area contributed by atoms with E-state index in [2.05, 4.69) is 47.1 Å². The largest absolute Gasteiger partial charge is 0.316 e. The van der Waals surface area contributed by atoms with Crippen molar-refractivity contribution in [1.82, 2.24) is 5.32 Å². The standard InChI is InChI=1S/C12H13NS/c1-13-8-3-6-10-4-2-5-11-7-9-14-12(10)11/h2-7,9,13H,8H2,1H3. The van der Waals surface area contributed by atoms with E-state index in [9.17, 15) is 0 Å². The smallest absolute Gasteiger partial charge is 0.0414 e. The summed E-state index contributed by atoms with van der Waals surface area (Å²) in [5, 5.41) is 6.57. The Morgan fingerprint density at radius 1 is 1.36 bits per heavy atom. The van der Waals surface area contributed by atoms with Crippen LogP contribution in [-0.4, -0.2) is 13.6 Å². The number of hydrogen-bond acceptors (Lipinski definition) is 2. The predicted octanol–water partition coefficient (Wildman–Crippen LogP) is 3.13. The lowest BCUT2D eigenvalue weighted by molar-refractivity contribution is 0.922. The van der Waals surface area contributed by atoms with Gasteiger partial charge in [0.15, 0.2) is 0 Å². The molecular formula is C12H13NS. The van der Waals surface area contributed by atoms with Crippen molar-refractivity contribution in [1.29, 1.82) is 0 Å². The van der Waals surface area contributed by atoms with Gasteiger partial charge >= 0.3 is 0 Å². The van der Waals surface area contributed by atoms with Crippen LogP contribution >= 0.6 is 11.3 Å². The van der Waals surface area contributed by atoms with E-state index in [4.69, 9.17) is 0 Å². The summed E-state index contributed by atoms with van der Waals surface area (Å²) in [5.41, 5.74) is 1.31. The minimum Gasteiger partial charge on any atom is -0.316 e. The molecule has 2 heteroatoms. The first-order valence-corrected chi connectivity index (χ1v) is 5.57. The van der Waals surface area contributed by atoms with E-state index in [0.29, 0.717) is 0 Å². The molecule has 0 saturated carbocycles. The third kappa shape index (κ3) is 1.86. The van der Waals surface area contributed by atoms with Gasteiger partial charge in [0.2, 0.25) is 0 Å². The zero-order valence-corrected chi connectivity index (χ0v) is 8.97. The molecule has 1 heterocycles. The van der Waals surface area contributed by atoms with E-state index in [1.54, 1.807) is 11.3 Å². The lowest BCUT2D eigenvalue weighted by Gasteiger charge is -1.95. The van der Waals surface area contributed by atoms with Crippen LogP contribution in [0.1, 0.15) is 5.56 Å². The zero-order chi connectivity index (χ0) is 9.80. The fourth-order valence-corrected chi connectivity index (χ4v) is 2.35. The molecule has 1 nitrogen and oxygen atoms in total. The average Bonchev–Trinajstić information content (AvgIpc) is 2.67. The van der Waals surface area contributed by atoms with Gasteiger partial charge in [0.05, 0.1) is 0 Å². The van der Waals surface area contributed by atoms with E-state index in [1.165, 1.54) is 15.6 Å². The van der Waals surface area contributed by atoms with Crippen molar-refractivity contribution < 1.29 is 0 Å². The van der Waals surface area contributed by atoms with E-state index >= 15 is 0 Å². The first-order chi connectivity index (χ1) is 6.92. The van der Waals surface area contributed by atoms with Crippen molar-refractivity contribution in [2.24, 2.45) is 0 Å². The second kappa shape index (κ2) is 4.40. The zero-order valence-electron chi connectivity index (χ0n) is 8.16. The maximum absolute atomic E-state index is 3.10. The number of hydrogen-bond donors (Lipinski definition) is 1. The number of nitrogens with one attached hydrogen (secondary N) is 1. The maximum atomic E-state index is 3.10. The molecule has 2 aromatic rings. The Morgan fingerprint density at radius 3 is 3.14 bits per heavy atom. The Hall–Kier alpha value is -1.12. The monoisotopic (exact) mass is 203 g/mol. The Morgan fingerprint density at radius 2 is 2.29 bits per heavy atom. The first-order valence-electron chi connectivity index (χ1n) is 4.69. The second-order valence-corrected chi connectivity index (χ2v) is 4.06. The van der Waals surface area contributed by atoms with Gasteiger partial charge in [0.1, 0.15) is 0 Å². The molecule has 1 aromatic heterocycles. The van der Waals surface area contributed by atoms with E-state index in [-0.39, 0.29) is 0 Å². The topological polar surface area (TPSA) is 12.0 Å². The first kappa shape index (κ1) is 9.44. The quantitative estimate of drug-likeness (QED) is 0.808. The van der Waals surface area contributed by atoms with E-state index < -0.39 is 0 Å². The molecule has 0 aliphatic rings. The molecule has 0 radical (unpaired) electrons. The number of rotatable bonds is 3. The highest BCUT2D eigenvalue weighted by atomic mass is 32.1. The van der Waals surface area contributed by atoms with Crippen LogP contribution in [0.3, 0.4) is 0 Å². The molecule has 0 saturated heterocycles. The van der Waals surface area contributed by atoms with Gasteiger partial charge in [0, 0.05) is 11.2 Å². The molecule has 0 amide bonds. The summed E-state index contributed by atoms with van der Waals surface area (Å²) < 4.78 is 1.37. The van der Waals surface area contributed by atoms with Crippen LogP contribution in [0.2, 0.25) is 0 Å². The Labute approximate surface area is 88.1 Å². The third-order valence-electron chi connectivity index (χ3n) is 2.13. The minimum atomic E-state index is 0.918. The van der Waals surface area contributed by atoms with Crippen molar-refractivity contribution in [3.05, 3.63) is 41.3 Å². The molecule has 0 unspecified atom stereocenters. The van der Waals surface area contributed by atoms with Crippen LogP contribution in [0.25, 0.3) is 16.2 Å². The Bertz CT molecular complexity index is 442. The van der Waals surface area contributed by atoms with Crippen molar-refractivity contribution in [3.63, 3.8) is 0 Å². The molecule has 72 valence electrons. The van der Waals surface area contributed by atoms with Gasteiger partial charge < -0.3 is 5.32 Å². The number of thiophene rings is 1. The minimum absolute atomic E-state index is 0.918. The second-order valence-electron chi connectivity index (χ2n) is 3.15.